The van der Waals surface area contributed by atoms with Crippen molar-refractivity contribution in [3.8, 4) is 0 Å². The van der Waals surface area contributed by atoms with Crippen molar-refractivity contribution in [1.29, 1.82) is 0 Å². The molecule has 0 spiro atoms. The number of esters is 5. The lowest BCUT2D eigenvalue weighted by atomic mass is 9.47. The lowest BCUT2D eigenvalue weighted by Gasteiger charge is -2.62. The van der Waals surface area contributed by atoms with Crippen LogP contribution in [0.4, 0.5) is 0 Å². The number of carbonyl (C=O) groups is 5. The van der Waals surface area contributed by atoms with Crippen molar-refractivity contribution in [2.75, 3.05) is 6.61 Å². The van der Waals surface area contributed by atoms with Gasteiger partial charge < -0.3 is 28.8 Å². The zero-order valence-electron chi connectivity index (χ0n) is 53.9. The molecule has 14 nitrogen and oxygen atoms in total. The molecule has 0 aromatic heterocycles. The Labute approximate surface area is 499 Å². The summed E-state index contributed by atoms with van der Waals surface area (Å²) in [6.07, 6.45) is 23.1. The van der Waals surface area contributed by atoms with Crippen LogP contribution in [0.2, 0.25) is 0 Å². The molecule has 1 heterocycles. The smallest absolute Gasteiger partial charge is 0.344 e. The lowest BCUT2D eigenvalue weighted by Crippen LogP contribution is -2.63. The number of ether oxygens (including phenoxy) is 5. The van der Waals surface area contributed by atoms with Crippen molar-refractivity contribution in [1.82, 2.24) is 0 Å². The van der Waals surface area contributed by atoms with Gasteiger partial charge in [-0.25, -0.2) is 4.79 Å². The Hall–Kier alpha value is -2.78. The van der Waals surface area contributed by atoms with E-state index < -0.39 is 62.6 Å². The number of carbonyl (C=O) groups excluding carboxylic acids is 5. The summed E-state index contributed by atoms with van der Waals surface area (Å²) in [6, 6.07) is 0. The average Bonchev–Trinajstić information content (AvgIpc) is 4.16. The second-order valence-electron chi connectivity index (χ2n) is 32.4. The van der Waals surface area contributed by atoms with E-state index >= 15 is 0 Å². The van der Waals surface area contributed by atoms with E-state index in [1.807, 2.05) is 55.4 Å². The van der Waals surface area contributed by atoms with Gasteiger partial charge in [0.05, 0.1) is 32.5 Å². The number of aliphatic hydroxyl groups is 1. The molecule has 1 saturated heterocycles. The Morgan fingerprint density at radius 1 is 0.542 bits per heavy atom. The molecule has 15 heteroatoms. The fourth-order valence-electron chi connectivity index (χ4n) is 19.3. The van der Waals surface area contributed by atoms with Crippen LogP contribution in [0.25, 0.3) is 0 Å². The molecule has 15 fully saturated rings. The van der Waals surface area contributed by atoms with Crippen molar-refractivity contribution >= 4 is 40.0 Å². The molecular weight excluding hydrogens is 1070 g/mol. The Morgan fingerprint density at radius 3 is 1.40 bits per heavy atom. The third-order valence-corrected chi connectivity index (χ3v) is 26.7. The highest BCUT2D eigenvalue weighted by atomic mass is 32.2. The fourth-order valence-corrected chi connectivity index (χ4v) is 21.1. The Morgan fingerprint density at radius 2 is 0.964 bits per heavy atom. The van der Waals surface area contributed by atoms with Crippen LogP contribution in [0.3, 0.4) is 0 Å². The predicted octanol–water partition coefficient (Wildman–Crippen LogP) is 13.5. The highest BCUT2D eigenvalue weighted by Crippen LogP contribution is 2.64. The van der Waals surface area contributed by atoms with Gasteiger partial charge in [-0.15, -0.1) is 0 Å². The van der Waals surface area contributed by atoms with Gasteiger partial charge >= 0.3 is 29.8 Å². The summed E-state index contributed by atoms with van der Waals surface area (Å²) < 4.78 is 57.8. The van der Waals surface area contributed by atoms with Gasteiger partial charge in [0.25, 0.3) is 10.1 Å². The second-order valence-corrected chi connectivity index (χ2v) is 34.2. The van der Waals surface area contributed by atoms with Gasteiger partial charge in [-0.05, 0) is 262 Å². The van der Waals surface area contributed by atoms with Gasteiger partial charge in [0.1, 0.15) is 29.0 Å². The maximum Gasteiger partial charge on any atom is 0.344 e. The minimum atomic E-state index is -3.53. The van der Waals surface area contributed by atoms with E-state index in [1.165, 1.54) is 70.6 Å². The molecule has 15 rings (SSSR count). The standard InChI is InChI=1S/C19H32O2.C18H30O2.C16H26O3.C15H22O7S/c1-6-18(4,5)17(20)21-19(12(2)3)15-8-13-7-14(10-15)11-16(19)9-13;1-5-17(3,4)16(19)20-18(6-2)14-8-12-7-13(10-14)11-15(18)9-12;1-4-14(2,3)13(17)19-16-8-11-5-12(9-16)7-15(18,6-11)10-16;1-4-15(2,3)14(17)20-7-11(16)21-12-8-5-9-10(6-8)23(18,19)22-13(9)12/h12-16H,6-11H2,1-5H3;12-15H,5-11H2,1-4H3;11-12,18H,4-10H2,1-3H3;8-10,12-13H,4-7H2,1-3H3. The molecule has 1 N–H and O–H groups in total. The van der Waals surface area contributed by atoms with E-state index in [1.54, 1.807) is 13.8 Å². The third-order valence-electron chi connectivity index (χ3n) is 25.0. The molecule has 7 unspecified atom stereocenters. The van der Waals surface area contributed by atoms with Crippen LogP contribution in [-0.4, -0.2) is 89.8 Å². The van der Waals surface area contributed by atoms with Crippen LogP contribution in [-0.2, 0) is 62.0 Å². The number of hydrogen-bond acceptors (Lipinski definition) is 14. The molecule has 14 bridgehead atoms. The summed E-state index contributed by atoms with van der Waals surface area (Å²) in [5, 5.41) is 10.2. The molecule has 0 aromatic carbocycles. The summed E-state index contributed by atoms with van der Waals surface area (Å²) >= 11 is 0. The Bertz CT molecular complexity index is 2450. The average molecular weight is 1180 g/mol. The minimum Gasteiger partial charge on any atom is -0.459 e. The molecular formula is C68H110O14S. The van der Waals surface area contributed by atoms with Crippen LogP contribution >= 0.6 is 0 Å². The molecule has 14 saturated carbocycles. The highest BCUT2D eigenvalue weighted by molar-refractivity contribution is 7.87. The van der Waals surface area contributed by atoms with E-state index in [-0.39, 0.29) is 57.4 Å². The largest absolute Gasteiger partial charge is 0.459 e. The number of fused-ring (bicyclic) bond motifs is 1. The summed E-state index contributed by atoms with van der Waals surface area (Å²) in [4.78, 5) is 61.6. The topological polar surface area (TPSA) is 195 Å². The number of rotatable bonds is 16. The molecule has 0 aromatic rings. The first-order chi connectivity index (χ1) is 38.6. The lowest BCUT2D eigenvalue weighted by molar-refractivity contribution is -0.231. The highest BCUT2D eigenvalue weighted by Gasteiger charge is 2.66. The van der Waals surface area contributed by atoms with E-state index in [2.05, 4.69) is 34.6 Å². The van der Waals surface area contributed by atoms with Gasteiger partial charge in [0.15, 0.2) is 6.61 Å². The van der Waals surface area contributed by atoms with Crippen molar-refractivity contribution < 1.29 is 65.4 Å². The van der Waals surface area contributed by atoms with Gasteiger partial charge in [-0.2, -0.15) is 8.42 Å². The normalized spacial score (nSPS) is 41.2. The first-order valence-electron chi connectivity index (χ1n) is 33.3. The predicted molar refractivity (Wildman–Crippen MR) is 316 cm³/mol. The SMILES string of the molecule is CCC(C)(C)C(=O)OC1(C(C)C)C2CC3CC(C2)CC1C3.CCC(C)(C)C(=O)OC1(CC)C2CC3CC(C2)CC1C3.CCC(C)(C)C(=O)OC12CC3CC(CC(O)(C3)C1)C2.CCC(C)(C)C(=O)OCC(=O)OC1C2CC3C1OS(=O)(=O)C3C2. The van der Waals surface area contributed by atoms with Crippen LogP contribution in [0.5, 0.6) is 0 Å². The molecule has 1 aliphatic heterocycles. The van der Waals surface area contributed by atoms with Crippen molar-refractivity contribution in [3.63, 3.8) is 0 Å². The second kappa shape index (κ2) is 23.3. The van der Waals surface area contributed by atoms with Gasteiger partial charge in [-0.3, -0.25) is 23.4 Å². The first kappa shape index (κ1) is 64.7. The van der Waals surface area contributed by atoms with Crippen molar-refractivity contribution in [3.05, 3.63) is 0 Å². The zero-order valence-corrected chi connectivity index (χ0v) is 54.7. The van der Waals surface area contributed by atoms with E-state index in [0.717, 1.165) is 75.0 Å². The molecule has 7 atom stereocenters. The van der Waals surface area contributed by atoms with E-state index in [4.69, 9.17) is 27.9 Å². The minimum absolute atomic E-state index is 0.0130. The zero-order chi connectivity index (χ0) is 60.8. The van der Waals surface area contributed by atoms with Crippen LogP contribution in [0, 0.1) is 98.6 Å². The third kappa shape index (κ3) is 12.4. The van der Waals surface area contributed by atoms with E-state index in [9.17, 15) is 37.5 Å². The molecule has 472 valence electrons. The quantitative estimate of drug-likeness (QED) is 0.0871. The molecule has 0 amide bonds. The monoisotopic (exact) mass is 1180 g/mol. The van der Waals surface area contributed by atoms with E-state index in [0.29, 0.717) is 67.1 Å². The van der Waals surface area contributed by atoms with Gasteiger partial charge in [0, 0.05) is 18.3 Å². The van der Waals surface area contributed by atoms with Crippen LogP contribution in [0.15, 0.2) is 0 Å². The molecule has 0 radical (unpaired) electrons. The fraction of sp³-hybridized carbons (Fsp3) is 0.926. The van der Waals surface area contributed by atoms with Crippen molar-refractivity contribution in [2.24, 2.45) is 98.6 Å². The van der Waals surface area contributed by atoms with Gasteiger partial charge in [0.2, 0.25) is 0 Å². The first-order valence-corrected chi connectivity index (χ1v) is 34.8. The number of hydrogen-bond donors (Lipinski definition) is 1. The maximum atomic E-state index is 12.8. The molecule has 14 aliphatic carbocycles. The molecule has 15 aliphatic rings. The Balaban J connectivity index is 0.000000133. The van der Waals surface area contributed by atoms with Crippen LogP contribution in [0.1, 0.15) is 252 Å². The maximum absolute atomic E-state index is 12.8. The van der Waals surface area contributed by atoms with Crippen LogP contribution < -0.4 is 0 Å². The molecule has 83 heavy (non-hydrogen) atoms. The summed E-state index contributed by atoms with van der Waals surface area (Å²) in [7, 11) is -3.53. The summed E-state index contributed by atoms with van der Waals surface area (Å²) in [6.45, 7) is 29.9. The summed E-state index contributed by atoms with van der Waals surface area (Å²) in [5.74, 6) is 6.55. The Kier molecular flexibility index (Phi) is 18.2. The van der Waals surface area contributed by atoms with Gasteiger partial charge in [-0.1, -0.05) is 48.5 Å². The van der Waals surface area contributed by atoms with Crippen molar-refractivity contribution in [2.45, 2.75) is 291 Å². The summed E-state index contributed by atoms with van der Waals surface area (Å²) in [5.41, 5.74) is -2.96.